The summed E-state index contributed by atoms with van der Waals surface area (Å²) in [6, 6.07) is 11.1. The first kappa shape index (κ1) is 41.4. The molecule has 0 aliphatic rings. The van der Waals surface area contributed by atoms with Crippen molar-refractivity contribution in [2.24, 2.45) is 0 Å². The van der Waals surface area contributed by atoms with Gasteiger partial charge in [-0.25, -0.2) is 0 Å². The second-order valence-corrected chi connectivity index (χ2v) is 11.0. The van der Waals surface area contributed by atoms with E-state index in [1.807, 2.05) is 0 Å². The van der Waals surface area contributed by atoms with Crippen molar-refractivity contribution >= 4 is 46.7 Å². The molecule has 14 heteroatoms. The minimum absolute atomic E-state index is 0.0488. The van der Waals surface area contributed by atoms with Gasteiger partial charge >= 0.3 is 5.97 Å². The van der Waals surface area contributed by atoms with Crippen LogP contribution in [-0.2, 0) is 38.1 Å². The quantitative estimate of drug-likeness (QED) is 0.0622. The van der Waals surface area contributed by atoms with Crippen molar-refractivity contribution in [3.05, 3.63) is 60.7 Å². The first-order valence-corrected chi connectivity index (χ1v) is 16.7. The fraction of sp³-hybridized carbons (Fsp3) is 0.472. The zero-order valence-corrected chi connectivity index (χ0v) is 29.0. The highest BCUT2D eigenvalue weighted by molar-refractivity contribution is 6.02. The average molecular weight is 699 g/mol. The van der Waals surface area contributed by atoms with Gasteiger partial charge in [0, 0.05) is 37.0 Å². The summed E-state index contributed by atoms with van der Waals surface area (Å²) in [4.78, 5) is 62.5. The van der Waals surface area contributed by atoms with E-state index in [9.17, 15) is 24.0 Å². The van der Waals surface area contributed by atoms with E-state index >= 15 is 0 Å². The van der Waals surface area contributed by atoms with Gasteiger partial charge in [0.05, 0.1) is 45.1 Å². The van der Waals surface area contributed by atoms with Gasteiger partial charge in [-0.15, -0.1) is 6.58 Å². The molecule has 4 amide bonds. The van der Waals surface area contributed by atoms with Gasteiger partial charge in [0.2, 0.25) is 11.8 Å². The number of ether oxygens (including phenoxy) is 5. The van der Waals surface area contributed by atoms with Crippen LogP contribution in [0.4, 0.5) is 17.1 Å². The number of allylic oxidation sites excluding steroid dienone is 1. The lowest BCUT2D eigenvalue weighted by atomic mass is 10.1. The van der Waals surface area contributed by atoms with Crippen molar-refractivity contribution in [3.8, 4) is 5.75 Å². The van der Waals surface area contributed by atoms with Crippen LogP contribution in [0, 0.1) is 0 Å². The van der Waals surface area contributed by atoms with Crippen LogP contribution in [0.2, 0.25) is 0 Å². The Bertz CT molecular complexity index is 1380. The normalized spacial score (nSPS) is 10.5. The van der Waals surface area contributed by atoms with Crippen LogP contribution in [-0.4, -0.2) is 89.5 Å². The summed E-state index contributed by atoms with van der Waals surface area (Å²) in [6.45, 7) is 6.78. The molecule has 0 atom stereocenters. The monoisotopic (exact) mass is 698 g/mol. The second kappa shape index (κ2) is 25.2. The molecule has 4 N–H and O–H groups in total. The summed E-state index contributed by atoms with van der Waals surface area (Å²) in [7, 11) is 1.59. The maximum atomic E-state index is 13.3. The summed E-state index contributed by atoms with van der Waals surface area (Å²) in [5.74, 6) is -2.16. The van der Waals surface area contributed by atoms with Gasteiger partial charge in [0.1, 0.15) is 12.4 Å². The highest BCUT2D eigenvalue weighted by Gasteiger charge is 2.17. The minimum Gasteiger partial charge on any atom is -0.490 e. The van der Waals surface area contributed by atoms with Crippen LogP contribution in [0.5, 0.6) is 5.75 Å². The summed E-state index contributed by atoms with van der Waals surface area (Å²) in [5.41, 5.74) is 1.28. The van der Waals surface area contributed by atoms with Crippen molar-refractivity contribution in [2.75, 3.05) is 75.9 Å². The number of methoxy groups -OCH3 is 1. The molecule has 0 radical (unpaired) electrons. The van der Waals surface area contributed by atoms with Crippen molar-refractivity contribution < 1.29 is 47.7 Å². The van der Waals surface area contributed by atoms with Gasteiger partial charge in [0.15, 0.2) is 6.61 Å². The molecule has 0 spiro atoms. The third-order valence-corrected chi connectivity index (χ3v) is 6.80. The molecule has 2 rings (SSSR count). The topological polar surface area (TPSA) is 180 Å². The number of nitrogens with one attached hydrogen (secondary N) is 4. The lowest BCUT2D eigenvalue weighted by Crippen LogP contribution is -2.33. The highest BCUT2D eigenvalue weighted by Crippen LogP contribution is 2.23. The molecule has 0 fully saturated rings. The van der Waals surface area contributed by atoms with Crippen molar-refractivity contribution in [1.82, 2.24) is 5.32 Å². The van der Waals surface area contributed by atoms with E-state index in [0.29, 0.717) is 57.1 Å². The average Bonchev–Trinajstić information content (AvgIpc) is 3.10. The van der Waals surface area contributed by atoms with Crippen LogP contribution < -0.4 is 26.0 Å². The van der Waals surface area contributed by atoms with Gasteiger partial charge in [-0.2, -0.15) is 0 Å². The number of unbranched alkanes of at least 4 members (excludes halogenated alkanes) is 3. The number of amides is 4. The number of anilines is 3. The Morgan fingerprint density at radius 1 is 0.740 bits per heavy atom. The lowest BCUT2D eigenvalue weighted by molar-refractivity contribution is -0.147. The Labute approximate surface area is 293 Å². The number of hydrogen-bond donors (Lipinski definition) is 4. The molecule has 14 nitrogen and oxygen atoms in total. The predicted octanol–water partition coefficient (Wildman–Crippen LogP) is 4.47. The molecule has 0 heterocycles. The SMILES string of the molecule is C=CCCCC(=O)OCC(=O)Nc1ccc(OCCOCCOCCOC)c(C(=O)NCC(=O)Nc2cccc(NC(=O)CCCCC)c2)c1. The third-order valence-electron chi connectivity index (χ3n) is 6.80. The van der Waals surface area contributed by atoms with Gasteiger partial charge in [-0.05, 0) is 55.7 Å². The lowest BCUT2D eigenvalue weighted by Gasteiger charge is -2.14. The maximum absolute atomic E-state index is 13.3. The molecule has 2 aromatic carbocycles. The fourth-order valence-corrected chi connectivity index (χ4v) is 4.29. The van der Waals surface area contributed by atoms with Crippen LogP contribution in [0.25, 0.3) is 0 Å². The van der Waals surface area contributed by atoms with Crippen molar-refractivity contribution in [2.45, 2.75) is 51.9 Å². The third kappa shape index (κ3) is 18.1. The van der Waals surface area contributed by atoms with E-state index in [0.717, 1.165) is 19.3 Å². The molecule has 0 aliphatic heterocycles. The highest BCUT2D eigenvalue weighted by atomic mass is 16.6. The zero-order valence-electron chi connectivity index (χ0n) is 29.0. The minimum atomic E-state index is -0.638. The molecule has 274 valence electrons. The standard InChI is InChI=1S/C36H50N4O10/c1-4-6-8-13-32(41)38-27-11-10-12-28(23-27)39-33(42)25-37-36(45)30-24-29(40-34(43)26-50-35(44)14-9-7-5-2)15-16-31(30)49-22-21-48-20-19-47-18-17-46-3/h5,10-12,15-16,23-24H,2,4,6-9,13-14,17-22,25-26H2,1,3H3,(H,37,45)(H,38,41)(H,39,42)(H,40,43). The predicted molar refractivity (Wildman–Crippen MR) is 189 cm³/mol. The molecule has 0 saturated heterocycles. The molecule has 0 saturated carbocycles. The molecule has 2 aromatic rings. The van der Waals surface area contributed by atoms with Crippen LogP contribution in [0.1, 0.15) is 62.2 Å². The maximum Gasteiger partial charge on any atom is 0.306 e. The zero-order chi connectivity index (χ0) is 36.4. The Morgan fingerprint density at radius 2 is 1.40 bits per heavy atom. The smallest absolute Gasteiger partial charge is 0.306 e. The number of benzene rings is 2. The number of carbonyl (C=O) groups is 5. The van der Waals surface area contributed by atoms with Crippen molar-refractivity contribution in [3.63, 3.8) is 0 Å². The summed E-state index contributed by atoms with van der Waals surface area (Å²) in [6.07, 6.45) is 6.27. The molecule has 0 aromatic heterocycles. The fourth-order valence-electron chi connectivity index (χ4n) is 4.29. The largest absolute Gasteiger partial charge is 0.490 e. The van der Waals surface area contributed by atoms with Crippen LogP contribution in [0.15, 0.2) is 55.1 Å². The van der Waals surface area contributed by atoms with E-state index in [1.54, 1.807) is 37.5 Å². The Morgan fingerprint density at radius 3 is 2.10 bits per heavy atom. The van der Waals surface area contributed by atoms with Crippen LogP contribution >= 0.6 is 0 Å². The summed E-state index contributed by atoms with van der Waals surface area (Å²) >= 11 is 0. The van der Waals surface area contributed by atoms with Gasteiger partial charge in [-0.3, -0.25) is 24.0 Å². The molecule has 0 unspecified atom stereocenters. The van der Waals surface area contributed by atoms with Crippen LogP contribution in [0.3, 0.4) is 0 Å². The van der Waals surface area contributed by atoms with Gasteiger partial charge in [-0.1, -0.05) is 31.9 Å². The summed E-state index contributed by atoms with van der Waals surface area (Å²) in [5, 5.41) is 10.7. The van der Waals surface area contributed by atoms with E-state index in [2.05, 4.69) is 34.8 Å². The number of esters is 1. The molecular formula is C36H50N4O10. The molecule has 0 aliphatic carbocycles. The number of hydrogen-bond acceptors (Lipinski definition) is 10. The Hall–Kier alpha value is -4.79. The van der Waals surface area contributed by atoms with Gasteiger partial charge in [0.25, 0.3) is 11.8 Å². The first-order chi connectivity index (χ1) is 24.2. The second-order valence-electron chi connectivity index (χ2n) is 11.0. The van der Waals surface area contributed by atoms with E-state index < -0.39 is 30.3 Å². The van der Waals surface area contributed by atoms with Crippen molar-refractivity contribution in [1.29, 1.82) is 0 Å². The Balaban J connectivity index is 2.00. The summed E-state index contributed by atoms with van der Waals surface area (Å²) < 4.78 is 26.6. The first-order valence-electron chi connectivity index (χ1n) is 16.7. The Kier molecular flexibility index (Phi) is 20.9. The molecule has 50 heavy (non-hydrogen) atoms. The number of rotatable bonds is 26. The van der Waals surface area contributed by atoms with E-state index in [1.165, 1.54) is 18.2 Å². The molecular weight excluding hydrogens is 648 g/mol. The van der Waals surface area contributed by atoms with E-state index in [4.69, 9.17) is 23.7 Å². The van der Waals surface area contributed by atoms with E-state index in [-0.39, 0.29) is 49.1 Å². The molecule has 0 bridgehead atoms. The number of carbonyl (C=O) groups excluding carboxylic acids is 5. The van der Waals surface area contributed by atoms with Gasteiger partial charge < -0.3 is 45.0 Å².